The van der Waals surface area contributed by atoms with E-state index in [0.29, 0.717) is 30.4 Å². The van der Waals surface area contributed by atoms with E-state index >= 15 is 0 Å². The molecule has 0 spiro atoms. The Labute approximate surface area is 109 Å². The minimum Gasteiger partial charge on any atom is -0.463 e. The van der Waals surface area contributed by atoms with E-state index in [1.54, 1.807) is 7.05 Å². The van der Waals surface area contributed by atoms with E-state index in [1.165, 1.54) is 0 Å². The molecule has 0 aliphatic rings. The number of nitrogens with zero attached hydrogens (tertiary/aromatic N) is 4. The first-order valence-corrected chi connectivity index (χ1v) is 6.30. The van der Waals surface area contributed by atoms with Gasteiger partial charge in [0.15, 0.2) is 0 Å². The third-order valence-corrected chi connectivity index (χ3v) is 2.51. The average molecular weight is 253 g/mol. The highest BCUT2D eigenvalue weighted by Crippen LogP contribution is 2.14. The smallest absolute Gasteiger partial charge is 0.323 e. The summed E-state index contributed by atoms with van der Waals surface area (Å²) in [7, 11) is 5.55. The first kappa shape index (κ1) is 14.5. The fourth-order valence-electron chi connectivity index (χ4n) is 1.52. The van der Waals surface area contributed by atoms with Crippen LogP contribution in [-0.4, -0.2) is 42.7 Å². The van der Waals surface area contributed by atoms with Crippen molar-refractivity contribution in [3.05, 3.63) is 0 Å². The van der Waals surface area contributed by atoms with Gasteiger partial charge in [0.25, 0.3) is 0 Å². The maximum atomic E-state index is 5.62. The van der Waals surface area contributed by atoms with Crippen molar-refractivity contribution in [1.82, 2.24) is 15.0 Å². The standard InChI is InChI=1S/C12H23N5O/c1-6-7-9(2)8-18-12-15-10(13-3)14-11(16-12)17(4)5/h9H,6-8H2,1-5H3,(H,13,14,15,16). The molecule has 0 aliphatic carbocycles. The maximum Gasteiger partial charge on any atom is 0.323 e. The van der Waals surface area contributed by atoms with Crippen LogP contribution in [0.5, 0.6) is 6.01 Å². The van der Waals surface area contributed by atoms with Gasteiger partial charge in [-0.2, -0.15) is 15.0 Å². The quantitative estimate of drug-likeness (QED) is 0.799. The molecule has 0 fully saturated rings. The van der Waals surface area contributed by atoms with Crippen LogP contribution in [0.4, 0.5) is 11.9 Å². The molecule has 0 bridgehead atoms. The maximum absolute atomic E-state index is 5.62. The Kier molecular flexibility index (Phi) is 5.61. The van der Waals surface area contributed by atoms with Crippen LogP contribution in [0.3, 0.4) is 0 Å². The van der Waals surface area contributed by atoms with Crippen LogP contribution in [0.2, 0.25) is 0 Å². The van der Waals surface area contributed by atoms with Gasteiger partial charge >= 0.3 is 6.01 Å². The lowest BCUT2D eigenvalue weighted by Gasteiger charge is -2.14. The van der Waals surface area contributed by atoms with Crippen molar-refractivity contribution in [3.8, 4) is 6.01 Å². The third-order valence-electron chi connectivity index (χ3n) is 2.51. The molecule has 0 amide bonds. The molecule has 1 rings (SSSR count). The molecule has 6 nitrogen and oxygen atoms in total. The molecule has 1 N–H and O–H groups in total. The molecule has 18 heavy (non-hydrogen) atoms. The molecule has 0 saturated carbocycles. The Morgan fingerprint density at radius 1 is 1.28 bits per heavy atom. The molecule has 0 saturated heterocycles. The number of rotatable bonds is 7. The van der Waals surface area contributed by atoms with Crippen LogP contribution in [-0.2, 0) is 0 Å². The van der Waals surface area contributed by atoms with Crippen molar-refractivity contribution in [2.45, 2.75) is 26.7 Å². The summed E-state index contributed by atoms with van der Waals surface area (Å²) in [6.07, 6.45) is 2.30. The van der Waals surface area contributed by atoms with Gasteiger partial charge < -0.3 is 15.0 Å². The van der Waals surface area contributed by atoms with Crippen molar-refractivity contribution in [3.63, 3.8) is 0 Å². The molecule has 0 radical (unpaired) electrons. The Morgan fingerprint density at radius 2 is 2.00 bits per heavy atom. The summed E-state index contributed by atoms with van der Waals surface area (Å²) in [5, 5.41) is 2.91. The van der Waals surface area contributed by atoms with Crippen LogP contribution in [0.1, 0.15) is 26.7 Å². The first-order valence-electron chi connectivity index (χ1n) is 6.30. The second-order valence-electron chi connectivity index (χ2n) is 4.59. The molecule has 6 heteroatoms. The molecule has 1 heterocycles. The number of hydrogen-bond donors (Lipinski definition) is 1. The average Bonchev–Trinajstić information content (AvgIpc) is 2.36. The predicted octanol–water partition coefficient (Wildman–Crippen LogP) is 1.79. The molecule has 1 atom stereocenters. The second kappa shape index (κ2) is 6.98. The summed E-state index contributed by atoms with van der Waals surface area (Å²) in [4.78, 5) is 14.5. The molecular formula is C12H23N5O. The minimum absolute atomic E-state index is 0.376. The number of aromatic nitrogens is 3. The molecule has 1 aromatic rings. The summed E-state index contributed by atoms with van der Waals surface area (Å²) >= 11 is 0. The predicted molar refractivity (Wildman–Crippen MR) is 73.3 cm³/mol. The van der Waals surface area contributed by atoms with Crippen LogP contribution >= 0.6 is 0 Å². The molecular weight excluding hydrogens is 230 g/mol. The van der Waals surface area contributed by atoms with Crippen molar-refractivity contribution < 1.29 is 4.74 Å². The third kappa shape index (κ3) is 4.35. The fraction of sp³-hybridized carbons (Fsp3) is 0.750. The van der Waals surface area contributed by atoms with Gasteiger partial charge in [0, 0.05) is 21.1 Å². The number of nitrogens with one attached hydrogen (secondary N) is 1. The first-order chi connectivity index (χ1) is 8.56. The number of anilines is 2. The Hall–Kier alpha value is -1.59. The normalized spacial score (nSPS) is 12.1. The number of hydrogen-bond acceptors (Lipinski definition) is 6. The van der Waals surface area contributed by atoms with Gasteiger partial charge in [0.05, 0.1) is 6.61 Å². The lowest BCUT2D eigenvalue weighted by Crippen LogP contribution is -2.17. The zero-order chi connectivity index (χ0) is 13.5. The van der Waals surface area contributed by atoms with Gasteiger partial charge in [0.2, 0.25) is 11.9 Å². The van der Waals surface area contributed by atoms with Gasteiger partial charge in [-0.25, -0.2) is 0 Å². The van der Waals surface area contributed by atoms with Gasteiger partial charge in [-0.1, -0.05) is 20.3 Å². The zero-order valence-electron chi connectivity index (χ0n) is 11.9. The van der Waals surface area contributed by atoms with E-state index < -0.39 is 0 Å². The minimum atomic E-state index is 0.376. The Morgan fingerprint density at radius 3 is 2.56 bits per heavy atom. The van der Waals surface area contributed by atoms with E-state index in [9.17, 15) is 0 Å². The van der Waals surface area contributed by atoms with Crippen molar-refractivity contribution in [2.75, 3.05) is 38.0 Å². The van der Waals surface area contributed by atoms with Gasteiger partial charge in [-0.15, -0.1) is 0 Å². The molecule has 1 aromatic heterocycles. The van der Waals surface area contributed by atoms with Crippen molar-refractivity contribution in [1.29, 1.82) is 0 Å². The highest BCUT2D eigenvalue weighted by Gasteiger charge is 2.09. The van der Waals surface area contributed by atoms with E-state index in [4.69, 9.17) is 4.74 Å². The molecule has 0 aliphatic heterocycles. The van der Waals surface area contributed by atoms with E-state index in [2.05, 4.69) is 34.1 Å². The monoisotopic (exact) mass is 253 g/mol. The second-order valence-corrected chi connectivity index (χ2v) is 4.59. The number of ether oxygens (including phenoxy) is 1. The molecule has 102 valence electrons. The van der Waals surface area contributed by atoms with Crippen LogP contribution < -0.4 is 15.0 Å². The van der Waals surface area contributed by atoms with Gasteiger partial charge in [-0.05, 0) is 12.3 Å². The lowest BCUT2D eigenvalue weighted by atomic mass is 10.1. The SMILES string of the molecule is CCCC(C)COc1nc(NC)nc(N(C)C)n1. The highest BCUT2D eigenvalue weighted by molar-refractivity contribution is 5.36. The largest absolute Gasteiger partial charge is 0.463 e. The Balaban J connectivity index is 2.72. The van der Waals surface area contributed by atoms with Gasteiger partial charge in [-0.3, -0.25) is 0 Å². The summed E-state index contributed by atoms with van der Waals surface area (Å²) < 4.78 is 5.62. The zero-order valence-corrected chi connectivity index (χ0v) is 11.9. The summed E-state index contributed by atoms with van der Waals surface area (Å²) in [5.74, 6) is 1.62. The van der Waals surface area contributed by atoms with Crippen LogP contribution in [0.25, 0.3) is 0 Å². The van der Waals surface area contributed by atoms with Crippen LogP contribution in [0.15, 0.2) is 0 Å². The molecule has 1 unspecified atom stereocenters. The van der Waals surface area contributed by atoms with E-state index in [0.717, 1.165) is 12.8 Å². The summed E-state index contributed by atoms with van der Waals surface area (Å²) in [6.45, 7) is 4.97. The lowest BCUT2D eigenvalue weighted by molar-refractivity contribution is 0.233. The van der Waals surface area contributed by atoms with Gasteiger partial charge in [0.1, 0.15) is 0 Å². The Bertz CT molecular complexity index is 369. The molecule has 0 aromatic carbocycles. The highest BCUT2D eigenvalue weighted by atomic mass is 16.5. The fourth-order valence-corrected chi connectivity index (χ4v) is 1.52. The van der Waals surface area contributed by atoms with E-state index in [-0.39, 0.29) is 0 Å². The summed E-state index contributed by atoms with van der Waals surface area (Å²) in [6, 6.07) is 0.376. The van der Waals surface area contributed by atoms with Crippen molar-refractivity contribution >= 4 is 11.9 Å². The summed E-state index contributed by atoms with van der Waals surface area (Å²) in [5.41, 5.74) is 0. The van der Waals surface area contributed by atoms with E-state index in [1.807, 2.05) is 19.0 Å². The van der Waals surface area contributed by atoms with Crippen LogP contribution in [0, 0.1) is 5.92 Å². The van der Waals surface area contributed by atoms with Crippen molar-refractivity contribution in [2.24, 2.45) is 5.92 Å². The topological polar surface area (TPSA) is 63.2 Å².